The van der Waals surface area contributed by atoms with Gasteiger partial charge in [-0.3, -0.25) is 0 Å². The highest BCUT2D eigenvalue weighted by Crippen LogP contribution is 2.31. The topological polar surface area (TPSA) is 61.7 Å². The molecule has 1 aromatic heterocycles. The van der Waals surface area contributed by atoms with Gasteiger partial charge in [0.25, 0.3) is 0 Å². The number of para-hydroxylation sites is 2. The second kappa shape index (κ2) is 8.38. The lowest BCUT2D eigenvalue weighted by Crippen LogP contribution is -1.97. The Morgan fingerprint density at radius 3 is 2.00 bits per heavy atom. The van der Waals surface area contributed by atoms with E-state index >= 15 is 0 Å². The molecule has 33 heavy (non-hydrogen) atoms. The fraction of sp³-hybridized carbons (Fsp3) is 0.0345. The molecule has 1 aliphatic heterocycles. The Morgan fingerprint density at radius 2 is 1.39 bits per heavy atom. The third kappa shape index (κ3) is 3.71. The average Bonchev–Trinajstić information content (AvgIpc) is 3.18. The molecule has 2 heterocycles. The number of benzene rings is 3. The summed E-state index contributed by atoms with van der Waals surface area (Å²) in [5, 5.41) is 20.8. The monoisotopic (exact) mass is 425 g/mol. The predicted octanol–water partition coefficient (Wildman–Crippen LogP) is 6.96. The number of ether oxygens (including phenoxy) is 1. The smallest absolute Gasteiger partial charge is 0.137 e. The molecule has 4 heteroatoms. The number of nitriles is 2. The van der Waals surface area contributed by atoms with E-state index in [1.807, 2.05) is 24.3 Å². The normalized spacial score (nSPS) is 13.4. The maximum atomic E-state index is 9.15. The summed E-state index contributed by atoms with van der Waals surface area (Å²) in [6.07, 6.45) is 7.20. The Balaban J connectivity index is 1.48. The van der Waals surface area contributed by atoms with E-state index in [4.69, 9.17) is 15.3 Å². The lowest BCUT2D eigenvalue weighted by Gasteiger charge is -2.13. The average molecular weight is 425 g/mol. The summed E-state index contributed by atoms with van der Waals surface area (Å²) in [7, 11) is 0. The molecule has 156 valence electrons. The minimum absolute atomic E-state index is 0.0686. The van der Waals surface area contributed by atoms with Gasteiger partial charge in [0.2, 0.25) is 0 Å². The van der Waals surface area contributed by atoms with Crippen LogP contribution >= 0.6 is 0 Å². The number of hydrogen-bond acceptors (Lipinski definition) is 3. The van der Waals surface area contributed by atoms with Crippen molar-refractivity contribution in [3.05, 3.63) is 119 Å². The molecule has 0 saturated carbocycles. The van der Waals surface area contributed by atoms with Gasteiger partial charge in [0.05, 0.1) is 11.0 Å². The van der Waals surface area contributed by atoms with E-state index in [9.17, 15) is 0 Å². The van der Waals surface area contributed by atoms with E-state index in [0.29, 0.717) is 17.1 Å². The second-order valence-electron chi connectivity index (χ2n) is 7.75. The first kappa shape index (κ1) is 20.1. The van der Waals surface area contributed by atoms with Crippen molar-refractivity contribution in [3.63, 3.8) is 0 Å². The van der Waals surface area contributed by atoms with E-state index in [1.54, 1.807) is 19.1 Å². The third-order valence-electron chi connectivity index (χ3n) is 5.62. The van der Waals surface area contributed by atoms with E-state index in [0.717, 1.165) is 11.3 Å². The molecule has 0 bridgehead atoms. The van der Waals surface area contributed by atoms with Crippen LogP contribution in [0.4, 0.5) is 0 Å². The van der Waals surface area contributed by atoms with Crippen LogP contribution < -0.4 is 0 Å². The molecule has 1 aliphatic rings. The standard InChI is InChI=1S/C29H19N3O/c1-20-16-22(23(18-30)19-31)17-25(33-20)15-12-21-10-13-24(14-11-21)32-28-8-4-2-6-26(28)27-7-3-5-9-29(27)32/h2-17H,1H3. The Bertz CT molecular complexity index is 1530. The number of allylic oxidation sites excluding steroid dienone is 6. The fourth-order valence-corrected chi connectivity index (χ4v) is 4.15. The van der Waals surface area contributed by atoms with Crippen LogP contribution in [0.3, 0.4) is 0 Å². The number of rotatable bonds is 3. The van der Waals surface area contributed by atoms with Crippen LogP contribution in [0.2, 0.25) is 0 Å². The van der Waals surface area contributed by atoms with Crippen molar-refractivity contribution in [1.29, 1.82) is 10.5 Å². The molecule has 0 N–H and O–H groups in total. The van der Waals surface area contributed by atoms with Crippen LogP contribution in [-0.2, 0) is 4.74 Å². The van der Waals surface area contributed by atoms with E-state index in [2.05, 4.69) is 77.4 Å². The van der Waals surface area contributed by atoms with Crippen molar-refractivity contribution in [2.75, 3.05) is 0 Å². The number of hydrogen-bond donors (Lipinski definition) is 0. The molecule has 4 aromatic rings. The van der Waals surface area contributed by atoms with Gasteiger partial charge in [-0.15, -0.1) is 0 Å². The summed E-state index contributed by atoms with van der Waals surface area (Å²) in [6, 6.07) is 29.1. The van der Waals surface area contributed by atoms with E-state index < -0.39 is 0 Å². The highest BCUT2D eigenvalue weighted by molar-refractivity contribution is 6.09. The minimum atomic E-state index is 0.0686. The van der Waals surface area contributed by atoms with Crippen LogP contribution in [0.15, 0.2) is 114 Å². The highest BCUT2D eigenvalue weighted by Gasteiger charge is 2.12. The van der Waals surface area contributed by atoms with Gasteiger partial charge in [0.1, 0.15) is 29.2 Å². The van der Waals surface area contributed by atoms with Crippen LogP contribution in [0.1, 0.15) is 12.5 Å². The quantitative estimate of drug-likeness (QED) is 0.333. The SMILES string of the molecule is CC1=CC(=C(C#N)C#N)C=C(C=Cc2ccc(-n3c4ccccc4c4ccccc43)cc2)O1. The van der Waals surface area contributed by atoms with Gasteiger partial charge < -0.3 is 9.30 Å². The molecular weight excluding hydrogens is 406 g/mol. The van der Waals surface area contributed by atoms with E-state index in [1.165, 1.54) is 21.8 Å². The van der Waals surface area contributed by atoms with Crippen LogP contribution in [0.25, 0.3) is 33.6 Å². The molecule has 0 radical (unpaired) electrons. The van der Waals surface area contributed by atoms with Crippen molar-refractivity contribution in [3.8, 4) is 17.8 Å². The summed E-state index contributed by atoms with van der Waals surface area (Å²) < 4.78 is 8.01. The molecule has 0 aliphatic carbocycles. The molecule has 0 fully saturated rings. The van der Waals surface area contributed by atoms with Crippen LogP contribution in [-0.4, -0.2) is 4.57 Å². The van der Waals surface area contributed by atoms with Gasteiger partial charge in [0.15, 0.2) is 0 Å². The molecule has 4 nitrogen and oxygen atoms in total. The van der Waals surface area contributed by atoms with E-state index in [-0.39, 0.29) is 5.57 Å². The summed E-state index contributed by atoms with van der Waals surface area (Å²) in [5.41, 5.74) is 5.09. The maximum absolute atomic E-state index is 9.15. The summed E-state index contributed by atoms with van der Waals surface area (Å²) in [4.78, 5) is 0. The van der Waals surface area contributed by atoms with Crippen molar-refractivity contribution < 1.29 is 4.74 Å². The fourth-order valence-electron chi connectivity index (χ4n) is 4.15. The summed E-state index contributed by atoms with van der Waals surface area (Å²) in [5.74, 6) is 1.22. The zero-order valence-electron chi connectivity index (χ0n) is 18.0. The molecule has 0 atom stereocenters. The minimum Gasteiger partial charge on any atom is -0.462 e. The van der Waals surface area contributed by atoms with Gasteiger partial charge in [-0.05, 0) is 55.0 Å². The Kier molecular flexibility index (Phi) is 5.11. The molecule has 3 aromatic carbocycles. The lowest BCUT2D eigenvalue weighted by atomic mass is 10.1. The van der Waals surface area contributed by atoms with Gasteiger partial charge in [-0.2, -0.15) is 10.5 Å². The molecular formula is C29H19N3O. The second-order valence-corrected chi connectivity index (χ2v) is 7.75. The first-order chi connectivity index (χ1) is 16.2. The van der Waals surface area contributed by atoms with Gasteiger partial charge in [0, 0.05) is 22.0 Å². The predicted molar refractivity (Wildman–Crippen MR) is 131 cm³/mol. The van der Waals surface area contributed by atoms with Gasteiger partial charge in [-0.1, -0.05) is 54.6 Å². The van der Waals surface area contributed by atoms with Crippen molar-refractivity contribution in [2.24, 2.45) is 0 Å². The molecule has 0 amide bonds. The largest absolute Gasteiger partial charge is 0.462 e. The third-order valence-corrected chi connectivity index (χ3v) is 5.62. The summed E-state index contributed by atoms with van der Waals surface area (Å²) in [6.45, 7) is 1.80. The molecule has 0 spiro atoms. The first-order valence-corrected chi connectivity index (χ1v) is 10.6. The Labute approximate surface area is 191 Å². The number of fused-ring (bicyclic) bond motifs is 3. The van der Waals surface area contributed by atoms with Crippen molar-refractivity contribution in [1.82, 2.24) is 4.57 Å². The molecule has 5 rings (SSSR count). The molecule has 0 unspecified atom stereocenters. The lowest BCUT2D eigenvalue weighted by molar-refractivity contribution is 0.318. The maximum Gasteiger partial charge on any atom is 0.137 e. The number of nitrogens with zero attached hydrogens (tertiary/aromatic N) is 3. The Hall–Kier alpha value is -4.80. The van der Waals surface area contributed by atoms with Crippen molar-refractivity contribution in [2.45, 2.75) is 6.92 Å². The van der Waals surface area contributed by atoms with Gasteiger partial charge >= 0.3 is 0 Å². The van der Waals surface area contributed by atoms with Crippen LogP contribution in [0.5, 0.6) is 0 Å². The zero-order chi connectivity index (χ0) is 22.8. The highest BCUT2D eigenvalue weighted by atomic mass is 16.5. The van der Waals surface area contributed by atoms with Crippen molar-refractivity contribution >= 4 is 27.9 Å². The van der Waals surface area contributed by atoms with Crippen LogP contribution in [0, 0.1) is 22.7 Å². The van der Waals surface area contributed by atoms with Gasteiger partial charge in [-0.25, -0.2) is 0 Å². The zero-order valence-corrected chi connectivity index (χ0v) is 18.0. The Morgan fingerprint density at radius 1 is 0.788 bits per heavy atom. The first-order valence-electron chi connectivity index (χ1n) is 10.6. The number of aromatic nitrogens is 1. The molecule has 0 saturated heterocycles. The summed E-state index contributed by atoms with van der Waals surface area (Å²) >= 11 is 0.